The summed E-state index contributed by atoms with van der Waals surface area (Å²) >= 11 is 0. The molecule has 152 valence electrons. The first kappa shape index (κ1) is 19.1. The van der Waals surface area contributed by atoms with Crippen molar-refractivity contribution in [1.29, 1.82) is 0 Å². The molecule has 0 spiro atoms. The monoisotopic (exact) mass is 404 g/mol. The summed E-state index contributed by atoms with van der Waals surface area (Å²) in [5.74, 6) is 1.30. The van der Waals surface area contributed by atoms with Gasteiger partial charge in [-0.15, -0.1) is 0 Å². The van der Waals surface area contributed by atoms with Crippen LogP contribution < -0.4 is 20.3 Å². The maximum atomic E-state index is 14.3. The maximum Gasteiger partial charge on any atom is 0.163 e. The van der Waals surface area contributed by atoms with Gasteiger partial charge in [0.15, 0.2) is 11.5 Å². The first-order valence-electron chi connectivity index (χ1n) is 10.3. The fraction of sp³-hybridized carbons (Fsp3) is 0.364. The lowest BCUT2D eigenvalue weighted by Gasteiger charge is -2.28. The predicted molar refractivity (Wildman–Crippen MR) is 115 cm³/mol. The molecule has 1 saturated heterocycles. The van der Waals surface area contributed by atoms with Crippen molar-refractivity contribution in [1.82, 2.24) is 14.9 Å². The lowest BCUT2D eigenvalue weighted by molar-refractivity contribution is 0.0776. The number of halogens is 1. The molecule has 8 heteroatoms. The van der Waals surface area contributed by atoms with Crippen LogP contribution in [0.2, 0.25) is 0 Å². The molecule has 5 rings (SSSR count). The van der Waals surface area contributed by atoms with Gasteiger partial charge >= 0.3 is 0 Å². The molecular weight excluding hydrogens is 382 g/mol. The molecule has 3 aromatic rings. The van der Waals surface area contributed by atoms with Crippen LogP contribution in [-0.2, 0) is 0 Å². The third kappa shape index (κ3) is 3.79. The van der Waals surface area contributed by atoms with Crippen molar-refractivity contribution in [2.45, 2.75) is 25.4 Å². The highest BCUT2D eigenvalue weighted by molar-refractivity contribution is 6.32. The van der Waals surface area contributed by atoms with Crippen molar-refractivity contribution < 1.29 is 13.9 Å². The highest BCUT2D eigenvalue weighted by atomic mass is 19.1. The van der Waals surface area contributed by atoms with E-state index in [1.165, 1.54) is 38.3 Å². The normalized spacial score (nSPS) is 18.6. The average molecular weight is 404 g/mol. The van der Waals surface area contributed by atoms with Crippen LogP contribution in [-0.4, -0.2) is 55.1 Å². The standard InChI is InChI=1S/C22H22BFN4O2/c23-16-4-3-5-17(21(16)24)27-22-15-10-20-19(11-18(15)25-13-26-22)29-12-14(30-20)6-9-28-7-1-2-8-28/h3-5,10-11,13-14H,1-2,6-9,12H2,(H,25,26,27). The average Bonchev–Trinajstić information content (AvgIpc) is 3.28. The molecule has 1 N–H and O–H groups in total. The molecule has 3 heterocycles. The number of fused-ring (bicyclic) bond motifs is 2. The van der Waals surface area contributed by atoms with Gasteiger partial charge in [0.2, 0.25) is 0 Å². The molecule has 2 aliphatic heterocycles. The molecule has 0 bridgehead atoms. The molecular formula is C22H22BFN4O2. The number of ether oxygens (including phenoxy) is 2. The maximum absolute atomic E-state index is 14.3. The number of nitrogens with one attached hydrogen (secondary N) is 1. The highest BCUT2D eigenvalue weighted by Crippen LogP contribution is 2.38. The Balaban J connectivity index is 1.40. The first-order chi connectivity index (χ1) is 14.7. The van der Waals surface area contributed by atoms with Gasteiger partial charge in [0.05, 0.1) is 11.2 Å². The predicted octanol–water partition coefficient (Wildman–Crippen LogP) is 2.93. The zero-order chi connectivity index (χ0) is 20.5. The summed E-state index contributed by atoms with van der Waals surface area (Å²) in [7, 11) is 5.68. The summed E-state index contributed by atoms with van der Waals surface area (Å²) < 4.78 is 26.5. The van der Waals surface area contributed by atoms with E-state index in [0.717, 1.165) is 18.4 Å². The summed E-state index contributed by atoms with van der Waals surface area (Å²) in [6.07, 6.45) is 4.91. The van der Waals surface area contributed by atoms with Gasteiger partial charge in [0.1, 0.15) is 38.5 Å². The molecule has 1 atom stereocenters. The van der Waals surface area contributed by atoms with E-state index in [2.05, 4.69) is 20.2 Å². The number of hydrogen-bond acceptors (Lipinski definition) is 6. The minimum Gasteiger partial charge on any atom is -0.486 e. The Labute approximate surface area is 175 Å². The van der Waals surface area contributed by atoms with E-state index in [-0.39, 0.29) is 17.3 Å². The van der Waals surface area contributed by atoms with E-state index in [1.54, 1.807) is 12.1 Å². The second kappa shape index (κ2) is 8.10. The second-order valence-electron chi connectivity index (χ2n) is 7.76. The van der Waals surface area contributed by atoms with Gasteiger partial charge in [-0.3, -0.25) is 0 Å². The van der Waals surface area contributed by atoms with Gasteiger partial charge < -0.3 is 19.7 Å². The Bertz CT molecular complexity index is 1070. The van der Waals surface area contributed by atoms with Crippen molar-refractivity contribution in [2.24, 2.45) is 0 Å². The summed E-state index contributed by atoms with van der Waals surface area (Å²) in [5.41, 5.74) is 1.02. The van der Waals surface area contributed by atoms with Crippen LogP contribution in [0.5, 0.6) is 11.5 Å². The van der Waals surface area contributed by atoms with Crippen molar-refractivity contribution in [3.8, 4) is 11.5 Å². The summed E-state index contributed by atoms with van der Waals surface area (Å²) in [4.78, 5) is 11.1. The van der Waals surface area contributed by atoms with Crippen LogP contribution in [0.15, 0.2) is 36.7 Å². The molecule has 2 radical (unpaired) electrons. The van der Waals surface area contributed by atoms with Crippen molar-refractivity contribution in [3.63, 3.8) is 0 Å². The number of aromatic nitrogens is 2. The van der Waals surface area contributed by atoms with Gasteiger partial charge in [-0.2, -0.15) is 0 Å². The van der Waals surface area contributed by atoms with Crippen LogP contribution >= 0.6 is 0 Å². The molecule has 1 fully saturated rings. The molecule has 0 saturated carbocycles. The molecule has 1 aromatic heterocycles. The number of rotatable bonds is 5. The van der Waals surface area contributed by atoms with Gasteiger partial charge in [-0.1, -0.05) is 17.6 Å². The molecule has 2 aliphatic rings. The summed E-state index contributed by atoms with van der Waals surface area (Å²) in [5, 5.41) is 3.75. The minimum absolute atomic E-state index is 0.00274. The third-order valence-electron chi connectivity index (χ3n) is 5.67. The van der Waals surface area contributed by atoms with Crippen LogP contribution in [0.25, 0.3) is 10.9 Å². The molecule has 30 heavy (non-hydrogen) atoms. The summed E-state index contributed by atoms with van der Waals surface area (Å²) in [6, 6.07) is 8.52. The number of likely N-dealkylation sites (tertiary alicyclic amines) is 1. The minimum atomic E-state index is -0.510. The van der Waals surface area contributed by atoms with Crippen LogP contribution in [0.1, 0.15) is 19.3 Å². The fourth-order valence-corrected chi connectivity index (χ4v) is 4.01. The topological polar surface area (TPSA) is 59.5 Å². The Morgan fingerprint density at radius 3 is 2.90 bits per heavy atom. The van der Waals surface area contributed by atoms with Crippen molar-refractivity contribution >= 4 is 35.7 Å². The molecule has 6 nitrogen and oxygen atoms in total. The van der Waals surface area contributed by atoms with E-state index in [4.69, 9.17) is 17.3 Å². The fourth-order valence-electron chi connectivity index (χ4n) is 4.01. The zero-order valence-corrected chi connectivity index (χ0v) is 16.6. The third-order valence-corrected chi connectivity index (χ3v) is 5.67. The Morgan fingerprint density at radius 1 is 1.17 bits per heavy atom. The van der Waals surface area contributed by atoms with E-state index >= 15 is 0 Å². The highest BCUT2D eigenvalue weighted by Gasteiger charge is 2.24. The smallest absolute Gasteiger partial charge is 0.163 e. The molecule has 2 aromatic carbocycles. The lowest BCUT2D eigenvalue weighted by Crippen LogP contribution is -2.33. The van der Waals surface area contributed by atoms with Gasteiger partial charge in [0.25, 0.3) is 0 Å². The van der Waals surface area contributed by atoms with Gasteiger partial charge in [0, 0.05) is 24.4 Å². The molecule has 1 unspecified atom stereocenters. The summed E-state index contributed by atoms with van der Waals surface area (Å²) in [6.45, 7) is 3.88. The SMILES string of the molecule is [B]c1cccc(Nc2ncnc3cc4c(cc23)OC(CCN2CCCC2)CO4)c1F. The van der Waals surface area contributed by atoms with E-state index in [1.807, 2.05) is 12.1 Å². The largest absolute Gasteiger partial charge is 0.486 e. The van der Waals surface area contributed by atoms with E-state index in [0.29, 0.717) is 29.4 Å². The van der Waals surface area contributed by atoms with Crippen LogP contribution in [0.3, 0.4) is 0 Å². The zero-order valence-electron chi connectivity index (χ0n) is 16.6. The number of hydrogen-bond donors (Lipinski definition) is 1. The molecule has 0 aliphatic carbocycles. The molecule has 0 amide bonds. The van der Waals surface area contributed by atoms with E-state index < -0.39 is 5.82 Å². The Morgan fingerprint density at radius 2 is 2.03 bits per heavy atom. The quantitative estimate of drug-likeness (QED) is 0.660. The lowest BCUT2D eigenvalue weighted by atomic mass is 9.95. The van der Waals surface area contributed by atoms with Gasteiger partial charge in [-0.25, -0.2) is 14.4 Å². The van der Waals surface area contributed by atoms with Crippen molar-refractivity contribution in [3.05, 3.63) is 42.5 Å². The first-order valence-corrected chi connectivity index (χ1v) is 10.3. The van der Waals surface area contributed by atoms with Crippen LogP contribution in [0.4, 0.5) is 15.9 Å². The number of nitrogens with zero attached hydrogens (tertiary/aromatic N) is 3. The van der Waals surface area contributed by atoms with E-state index in [9.17, 15) is 4.39 Å². The Hall–Kier alpha value is -2.87. The van der Waals surface area contributed by atoms with Crippen LogP contribution in [0, 0.1) is 5.82 Å². The van der Waals surface area contributed by atoms with Gasteiger partial charge in [-0.05, 0) is 38.1 Å². The number of benzene rings is 2. The second-order valence-corrected chi connectivity index (χ2v) is 7.76. The van der Waals surface area contributed by atoms with Crippen molar-refractivity contribution in [2.75, 3.05) is 31.6 Å². The Kier molecular flexibility index (Phi) is 5.17. The number of anilines is 2.